The molecule has 8 nitrogen and oxygen atoms in total. The number of carbonyl (C=O) groups is 1. The summed E-state index contributed by atoms with van der Waals surface area (Å²) in [5.41, 5.74) is 0. The van der Waals surface area contributed by atoms with Crippen LogP contribution < -0.4 is 5.32 Å². The van der Waals surface area contributed by atoms with E-state index in [0.29, 0.717) is 17.4 Å². The van der Waals surface area contributed by atoms with Crippen molar-refractivity contribution in [2.75, 3.05) is 40.9 Å². The van der Waals surface area contributed by atoms with Crippen LogP contribution in [-0.4, -0.2) is 73.4 Å². The third-order valence-corrected chi connectivity index (χ3v) is 13.0. The monoisotopic (exact) mass is 872 g/mol. The number of phosphoric acid groups is 1. The predicted molar refractivity (Wildman–Crippen MR) is 259 cm³/mol. The van der Waals surface area contributed by atoms with Crippen LogP contribution in [-0.2, 0) is 18.4 Å². The van der Waals surface area contributed by atoms with Crippen LogP contribution in [0.4, 0.5) is 0 Å². The molecule has 0 bridgehead atoms. The molecule has 3 N–H and O–H groups in total. The zero-order valence-corrected chi connectivity index (χ0v) is 41.6. The summed E-state index contributed by atoms with van der Waals surface area (Å²) in [5, 5.41) is 13.5. The summed E-state index contributed by atoms with van der Waals surface area (Å²) in [4.78, 5) is 22.8. The number of aliphatic hydroxyl groups is 1. The van der Waals surface area contributed by atoms with E-state index in [-0.39, 0.29) is 19.1 Å². The molecule has 0 aromatic carbocycles. The van der Waals surface area contributed by atoms with Crippen LogP contribution in [0.5, 0.6) is 0 Å². The van der Waals surface area contributed by atoms with Crippen LogP contribution in [0.25, 0.3) is 0 Å². The Morgan fingerprint density at radius 1 is 0.550 bits per heavy atom. The smallest absolute Gasteiger partial charge is 0.387 e. The fraction of sp³-hybridized carbons (Fsp3) is 0.941. The lowest BCUT2D eigenvalue weighted by Crippen LogP contribution is -2.45. The standard InChI is InChI=1S/C51H103N2O6P/c1-6-8-10-11-12-13-14-15-16-17-18-19-20-21-22-23-24-25-26-27-28-29-30-31-32-33-34-35-36-37-38-39-40-41-43-45-51(55)52-49(50(54)44-42-9-7-2)48-59-60(56,57)58-47-46-53(3,4)5/h42,44,49-50,54H,6-41,43,45-48H2,1-5H3,(H-,52,55,56,57)/p+1/b44-42+. The van der Waals surface area contributed by atoms with Gasteiger partial charge in [-0.3, -0.25) is 13.8 Å². The lowest BCUT2D eigenvalue weighted by Gasteiger charge is -2.25. The number of aliphatic hydroxyl groups excluding tert-OH is 1. The maximum Gasteiger partial charge on any atom is 0.472 e. The minimum absolute atomic E-state index is 0.0625. The van der Waals surface area contributed by atoms with Gasteiger partial charge in [0.15, 0.2) is 0 Å². The molecule has 0 aromatic rings. The van der Waals surface area contributed by atoms with Gasteiger partial charge in [0.1, 0.15) is 13.2 Å². The van der Waals surface area contributed by atoms with Crippen LogP contribution in [0.15, 0.2) is 12.2 Å². The molecule has 0 saturated carbocycles. The molecule has 60 heavy (non-hydrogen) atoms. The van der Waals surface area contributed by atoms with Crippen molar-refractivity contribution >= 4 is 13.7 Å². The maximum atomic E-state index is 12.7. The Morgan fingerprint density at radius 2 is 0.883 bits per heavy atom. The van der Waals surface area contributed by atoms with E-state index in [1.807, 2.05) is 34.1 Å². The summed E-state index contributed by atoms with van der Waals surface area (Å²) in [6.07, 6.45) is 52.9. The fourth-order valence-electron chi connectivity index (χ4n) is 7.88. The lowest BCUT2D eigenvalue weighted by atomic mass is 10.0. The number of quaternary nitrogens is 1. The molecule has 0 aromatic heterocycles. The van der Waals surface area contributed by atoms with Crippen LogP contribution in [0, 0.1) is 0 Å². The maximum absolute atomic E-state index is 12.7. The minimum atomic E-state index is -4.31. The Hall–Kier alpha value is -0.760. The van der Waals surface area contributed by atoms with E-state index in [2.05, 4.69) is 12.2 Å². The van der Waals surface area contributed by atoms with E-state index in [1.54, 1.807) is 6.08 Å². The van der Waals surface area contributed by atoms with Crippen molar-refractivity contribution in [3.8, 4) is 0 Å². The van der Waals surface area contributed by atoms with E-state index in [4.69, 9.17) is 9.05 Å². The van der Waals surface area contributed by atoms with E-state index in [0.717, 1.165) is 32.1 Å². The molecule has 3 atom stereocenters. The molecule has 0 fully saturated rings. The number of amides is 1. The third-order valence-electron chi connectivity index (χ3n) is 12.0. The molecule has 0 aliphatic heterocycles. The first-order valence-electron chi connectivity index (χ1n) is 26.1. The number of nitrogens with one attached hydrogen (secondary N) is 1. The Bertz CT molecular complexity index is 989. The van der Waals surface area contributed by atoms with E-state index in [1.165, 1.54) is 205 Å². The van der Waals surface area contributed by atoms with Gasteiger partial charge >= 0.3 is 7.82 Å². The topological polar surface area (TPSA) is 105 Å². The van der Waals surface area contributed by atoms with Gasteiger partial charge in [-0.25, -0.2) is 4.57 Å². The second kappa shape index (κ2) is 43.5. The summed E-state index contributed by atoms with van der Waals surface area (Å²) >= 11 is 0. The summed E-state index contributed by atoms with van der Waals surface area (Å²) < 4.78 is 23.3. The minimum Gasteiger partial charge on any atom is -0.387 e. The molecule has 0 aliphatic rings. The Kier molecular flexibility index (Phi) is 42.9. The first kappa shape index (κ1) is 59.2. The molecular weight excluding hydrogens is 768 g/mol. The number of nitrogens with zero attached hydrogens (tertiary/aromatic N) is 1. The van der Waals surface area contributed by atoms with Gasteiger partial charge in [-0.05, 0) is 12.8 Å². The average Bonchev–Trinajstić information content (AvgIpc) is 3.20. The van der Waals surface area contributed by atoms with Gasteiger partial charge in [-0.15, -0.1) is 0 Å². The Morgan fingerprint density at radius 3 is 1.20 bits per heavy atom. The molecule has 9 heteroatoms. The molecule has 3 unspecified atom stereocenters. The number of unbranched alkanes of at least 4 members (excludes halogenated alkanes) is 35. The van der Waals surface area contributed by atoms with Gasteiger partial charge in [-0.2, -0.15) is 0 Å². The van der Waals surface area contributed by atoms with Gasteiger partial charge in [0, 0.05) is 6.42 Å². The lowest BCUT2D eigenvalue weighted by molar-refractivity contribution is -0.870. The van der Waals surface area contributed by atoms with Crippen molar-refractivity contribution < 1.29 is 32.9 Å². The molecule has 0 spiro atoms. The zero-order valence-electron chi connectivity index (χ0n) is 40.7. The fourth-order valence-corrected chi connectivity index (χ4v) is 8.61. The number of likely N-dealkylation sites (N-methyl/N-ethyl adjacent to an activating group) is 1. The van der Waals surface area contributed by atoms with Gasteiger partial charge in [0.2, 0.25) is 5.91 Å². The van der Waals surface area contributed by atoms with Gasteiger partial charge in [0.25, 0.3) is 0 Å². The first-order valence-corrected chi connectivity index (χ1v) is 27.6. The molecule has 0 rings (SSSR count). The summed E-state index contributed by atoms with van der Waals surface area (Å²) in [6.45, 7) is 4.62. The first-order chi connectivity index (χ1) is 29.0. The summed E-state index contributed by atoms with van der Waals surface area (Å²) in [6, 6.07) is -0.837. The van der Waals surface area contributed by atoms with E-state index < -0.39 is 20.0 Å². The highest BCUT2D eigenvalue weighted by atomic mass is 31.2. The molecular formula is C51H104N2O6P+. The zero-order chi connectivity index (χ0) is 44.3. The highest BCUT2D eigenvalue weighted by molar-refractivity contribution is 7.47. The molecule has 0 heterocycles. The SMILES string of the molecule is CCC/C=C/C(O)C(COP(=O)(O)OCC[N+](C)(C)C)NC(=O)CCCCCCCCCCCCCCCCCCCCCCCCCCCCCCCCCCCCC. The normalized spacial score (nSPS) is 14.2. The summed E-state index contributed by atoms with van der Waals surface area (Å²) in [5.74, 6) is -0.184. The quantitative estimate of drug-likeness (QED) is 0.0243. The number of rotatable bonds is 48. The number of carbonyl (C=O) groups excluding carboxylic acids is 1. The highest BCUT2D eigenvalue weighted by Gasteiger charge is 2.27. The third kappa shape index (κ3) is 45.3. The highest BCUT2D eigenvalue weighted by Crippen LogP contribution is 2.43. The van der Waals surface area contributed by atoms with Crippen molar-refractivity contribution in [2.24, 2.45) is 0 Å². The van der Waals surface area contributed by atoms with E-state index in [9.17, 15) is 19.4 Å². The Labute approximate surface area is 373 Å². The van der Waals surface area contributed by atoms with Crippen LogP contribution in [0.3, 0.4) is 0 Å². The molecule has 0 saturated heterocycles. The number of phosphoric ester groups is 1. The van der Waals surface area contributed by atoms with Gasteiger partial charge < -0.3 is 19.8 Å². The second-order valence-corrected chi connectivity index (χ2v) is 20.7. The number of allylic oxidation sites excluding steroid dienone is 1. The molecule has 0 radical (unpaired) electrons. The van der Waals surface area contributed by atoms with Crippen LogP contribution >= 0.6 is 7.82 Å². The van der Waals surface area contributed by atoms with Crippen molar-refractivity contribution in [3.05, 3.63) is 12.2 Å². The Balaban J connectivity index is 3.61. The summed E-state index contributed by atoms with van der Waals surface area (Å²) in [7, 11) is 1.58. The average molecular weight is 872 g/mol. The van der Waals surface area contributed by atoms with Crippen molar-refractivity contribution in [3.63, 3.8) is 0 Å². The second-order valence-electron chi connectivity index (χ2n) is 19.3. The number of hydrogen-bond acceptors (Lipinski definition) is 5. The largest absolute Gasteiger partial charge is 0.472 e. The molecule has 1 amide bonds. The molecule has 358 valence electrons. The van der Waals surface area contributed by atoms with Crippen molar-refractivity contribution in [1.29, 1.82) is 0 Å². The van der Waals surface area contributed by atoms with Crippen molar-refractivity contribution in [1.82, 2.24) is 5.32 Å². The van der Waals surface area contributed by atoms with Gasteiger partial charge in [0.05, 0.1) is 39.9 Å². The van der Waals surface area contributed by atoms with E-state index >= 15 is 0 Å². The van der Waals surface area contributed by atoms with Crippen LogP contribution in [0.1, 0.15) is 258 Å². The van der Waals surface area contributed by atoms with Gasteiger partial charge in [-0.1, -0.05) is 251 Å². The number of hydrogen-bond donors (Lipinski definition) is 3. The van der Waals surface area contributed by atoms with Crippen LogP contribution in [0.2, 0.25) is 0 Å². The van der Waals surface area contributed by atoms with Crippen molar-refractivity contribution in [2.45, 2.75) is 270 Å². The molecule has 0 aliphatic carbocycles. The predicted octanol–water partition coefficient (Wildman–Crippen LogP) is 15.1.